The maximum absolute atomic E-state index is 11.6. The molecular weight excluding hydrogens is 354 g/mol. The minimum absolute atomic E-state index is 0.0284. The molecule has 1 heterocycles. The molecule has 9 heteroatoms. The highest BCUT2D eigenvalue weighted by Gasteiger charge is 2.10. The number of rotatable bonds is 16. The van der Waals surface area contributed by atoms with Crippen LogP contribution in [0, 0.1) is 0 Å². The van der Waals surface area contributed by atoms with Crippen molar-refractivity contribution in [3.63, 3.8) is 0 Å². The topological polar surface area (TPSA) is 113 Å². The molecule has 0 amide bonds. The summed E-state index contributed by atoms with van der Waals surface area (Å²) in [5.74, 6) is -0.472. The molecule has 0 saturated heterocycles. The first kappa shape index (κ1) is 23.4. The van der Waals surface area contributed by atoms with Crippen molar-refractivity contribution in [2.75, 3.05) is 72.9 Å². The lowest BCUT2D eigenvalue weighted by Crippen LogP contribution is -2.31. The Morgan fingerprint density at radius 2 is 1.85 bits per heavy atom. The summed E-state index contributed by atoms with van der Waals surface area (Å²) in [6.07, 6.45) is 0. The van der Waals surface area contributed by atoms with E-state index in [4.69, 9.17) is 14.6 Å². The summed E-state index contributed by atoms with van der Waals surface area (Å²) in [5.41, 5.74) is 0.992. The lowest BCUT2D eigenvalue weighted by molar-refractivity contribution is 0.0364. The molecule has 1 aromatic rings. The van der Waals surface area contributed by atoms with E-state index < -0.39 is 5.97 Å². The number of carbonyl (C=O) groups is 1. The Hall–Kier alpha value is -1.62. The Balaban J connectivity index is 2.25. The molecule has 154 valence electrons. The van der Waals surface area contributed by atoms with Gasteiger partial charge in [-0.1, -0.05) is 6.07 Å². The number of nitrogens with one attached hydrogen (secondary N) is 1. The lowest BCUT2D eigenvalue weighted by atomic mass is 10.3. The molecule has 3 N–H and O–H groups in total. The molecule has 0 saturated carbocycles. The SMILES string of the molecule is COC(=O)c1cccc(CN(CCO)CCOCCOCCNCCO)n1. The molecule has 27 heavy (non-hydrogen) atoms. The maximum atomic E-state index is 11.6. The molecule has 1 rings (SSSR count). The normalized spacial score (nSPS) is 11.1. The van der Waals surface area contributed by atoms with Gasteiger partial charge in [0, 0.05) is 32.7 Å². The zero-order valence-corrected chi connectivity index (χ0v) is 15.9. The van der Waals surface area contributed by atoms with E-state index in [0.717, 1.165) is 5.69 Å². The molecule has 0 fully saturated rings. The van der Waals surface area contributed by atoms with Crippen LogP contribution in [0.4, 0.5) is 0 Å². The first-order valence-corrected chi connectivity index (χ1v) is 9.05. The number of aliphatic hydroxyl groups excluding tert-OH is 2. The van der Waals surface area contributed by atoms with Gasteiger partial charge in [0.25, 0.3) is 0 Å². The van der Waals surface area contributed by atoms with Crippen molar-refractivity contribution in [1.82, 2.24) is 15.2 Å². The van der Waals surface area contributed by atoms with E-state index in [1.807, 2.05) is 11.0 Å². The van der Waals surface area contributed by atoms with Crippen molar-refractivity contribution in [2.24, 2.45) is 0 Å². The van der Waals surface area contributed by atoms with Gasteiger partial charge in [-0.05, 0) is 12.1 Å². The summed E-state index contributed by atoms with van der Waals surface area (Å²) in [5, 5.41) is 20.9. The van der Waals surface area contributed by atoms with Crippen molar-refractivity contribution < 1.29 is 29.2 Å². The molecule has 1 aromatic heterocycles. The highest BCUT2D eigenvalue weighted by Crippen LogP contribution is 2.05. The molecule has 0 aliphatic carbocycles. The number of nitrogens with zero attached hydrogens (tertiary/aromatic N) is 2. The fourth-order valence-corrected chi connectivity index (χ4v) is 2.29. The molecule has 0 bridgehead atoms. The molecule has 0 aliphatic rings. The van der Waals surface area contributed by atoms with Crippen LogP contribution in [0.3, 0.4) is 0 Å². The van der Waals surface area contributed by atoms with E-state index in [0.29, 0.717) is 59.2 Å². The first-order valence-electron chi connectivity index (χ1n) is 9.05. The third-order valence-electron chi connectivity index (χ3n) is 3.64. The van der Waals surface area contributed by atoms with Gasteiger partial charge in [-0.25, -0.2) is 9.78 Å². The van der Waals surface area contributed by atoms with Gasteiger partial charge in [-0.3, -0.25) is 4.90 Å². The molecule has 0 unspecified atom stereocenters. The van der Waals surface area contributed by atoms with Crippen LogP contribution in [0.25, 0.3) is 0 Å². The van der Waals surface area contributed by atoms with Gasteiger partial charge in [0.1, 0.15) is 5.69 Å². The highest BCUT2D eigenvalue weighted by molar-refractivity contribution is 5.87. The number of aromatic nitrogens is 1. The van der Waals surface area contributed by atoms with Crippen molar-refractivity contribution in [3.05, 3.63) is 29.6 Å². The maximum Gasteiger partial charge on any atom is 0.356 e. The predicted molar refractivity (Wildman–Crippen MR) is 99.5 cm³/mol. The number of esters is 1. The number of pyridine rings is 1. The quantitative estimate of drug-likeness (QED) is 0.250. The van der Waals surface area contributed by atoms with E-state index >= 15 is 0 Å². The molecule has 0 aromatic carbocycles. The van der Waals surface area contributed by atoms with E-state index in [2.05, 4.69) is 15.0 Å². The Bertz CT molecular complexity index is 518. The highest BCUT2D eigenvalue weighted by atomic mass is 16.5. The van der Waals surface area contributed by atoms with Gasteiger partial charge in [0.15, 0.2) is 0 Å². The molecule has 0 radical (unpaired) electrons. The molecule has 0 aliphatic heterocycles. The molecule has 9 nitrogen and oxygen atoms in total. The number of ether oxygens (including phenoxy) is 3. The van der Waals surface area contributed by atoms with Gasteiger partial charge < -0.3 is 29.7 Å². The van der Waals surface area contributed by atoms with Crippen molar-refractivity contribution >= 4 is 5.97 Å². The smallest absolute Gasteiger partial charge is 0.356 e. The second kappa shape index (κ2) is 15.4. The summed E-state index contributed by atoms with van der Waals surface area (Å²) in [4.78, 5) is 17.9. The first-order chi connectivity index (χ1) is 13.2. The van der Waals surface area contributed by atoms with Crippen LogP contribution in [0.1, 0.15) is 16.2 Å². The van der Waals surface area contributed by atoms with E-state index in [-0.39, 0.29) is 18.9 Å². The fourth-order valence-electron chi connectivity index (χ4n) is 2.29. The molecular formula is C18H31N3O6. The van der Waals surface area contributed by atoms with Crippen molar-refractivity contribution in [3.8, 4) is 0 Å². The zero-order chi connectivity index (χ0) is 19.7. The van der Waals surface area contributed by atoms with Gasteiger partial charge >= 0.3 is 5.97 Å². The number of carbonyl (C=O) groups excluding carboxylic acids is 1. The van der Waals surface area contributed by atoms with Crippen LogP contribution in [0.2, 0.25) is 0 Å². The predicted octanol–water partition coefficient (Wildman–Crippen LogP) is -0.722. The minimum Gasteiger partial charge on any atom is -0.464 e. The number of hydrogen-bond acceptors (Lipinski definition) is 9. The van der Waals surface area contributed by atoms with Crippen LogP contribution in [-0.4, -0.2) is 99.0 Å². The second-order valence-electron chi connectivity index (χ2n) is 5.70. The van der Waals surface area contributed by atoms with Gasteiger partial charge in [-0.15, -0.1) is 0 Å². The lowest BCUT2D eigenvalue weighted by Gasteiger charge is -2.21. The summed E-state index contributed by atoms with van der Waals surface area (Å²) >= 11 is 0. The Labute approximate surface area is 160 Å². The summed E-state index contributed by atoms with van der Waals surface area (Å²) < 4.78 is 15.6. The van der Waals surface area contributed by atoms with Crippen LogP contribution in [0.15, 0.2) is 18.2 Å². The monoisotopic (exact) mass is 385 g/mol. The van der Waals surface area contributed by atoms with Gasteiger partial charge in [0.05, 0.1) is 52.4 Å². The van der Waals surface area contributed by atoms with E-state index in [1.165, 1.54) is 7.11 Å². The van der Waals surface area contributed by atoms with Crippen LogP contribution in [-0.2, 0) is 20.8 Å². The number of hydrogen-bond donors (Lipinski definition) is 3. The van der Waals surface area contributed by atoms with Gasteiger partial charge in [-0.2, -0.15) is 0 Å². The largest absolute Gasteiger partial charge is 0.464 e. The van der Waals surface area contributed by atoms with Crippen LogP contribution < -0.4 is 5.32 Å². The number of aliphatic hydroxyl groups is 2. The Morgan fingerprint density at radius 3 is 2.56 bits per heavy atom. The van der Waals surface area contributed by atoms with Crippen molar-refractivity contribution in [2.45, 2.75) is 6.54 Å². The second-order valence-corrected chi connectivity index (χ2v) is 5.70. The molecule has 0 atom stereocenters. The van der Waals surface area contributed by atoms with E-state index in [9.17, 15) is 9.90 Å². The Morgan fingerprint density at radius 1 is 1.07 bits per heavy atom. The van der Waals surface area contributed by atoms with Crippen molar-refractivity contribution in [1.29, 1.82) is 0 Å². The molecule has 0 spiro atoms. The van der Waals surface area contributed by atoms with Crippen LogP contribution in [0.5, 0.6) is 0 Å². The summed E-state index contributed by atoms with van der Waals surface area (Å²) in [6, 6.07) is 5.19. The summed E-state index contributed by atoms with van der Waals surface area (Å²) in [7, 11) is 1.32. The van der Waals surface area contributed by atoms with E-state index in [1.54, 1.807) is 12.1 Å². The number of methoxy groups -OCH3 is 1. The van der Waals surface area contributed by atoms with Crippen LogP contribution >= 0.6 is 0 Å². The fraction of sp³-hybridized carbons (Fsp3) is 0.667. The third-order valence-corrected chi connectivity index (χ3v) is 3.64. The average Bonchev–Trinajstić information content (AvgIpc) is 2.69. The third kappa shape index (κ3) is 11.0. The van der Waals surface area contributed by atoms with Gasteiger partial charge in [0.2, 0.25) is 0 Å². The minimum atomic E-state index is -0.472. The summed E-state index contributed by atoms with van der Waals surface area (Å²) in [6.45, 7) is 5.10. The Kier molecular flexibility index (Phi) is 13.4. The standard InChI is InChI=1S/C18H31N3O6/c1-25-18(24)17-4-2-3-16(20-17)15-21(7-10-23)8-12-27-14-13-26-11-6-19-5-9-22/h2-4,19,22-23H,5-15H2,1H3. The average molecular weight is 385 g/mol. The zero-order valence-electron chi connectivity index (χ0n) is 15.9.